The normalized spacial score (nSPS) is 9.48. The predicted molar refractivity (Wildman–Crippen MR) is 91.9 cm³/mol. The molecule has 2 aromatic rings. The Labute approximate surface area is 141 Å². The molecule has 0 aliphatic carbocycles. The van der Waals surface area contributed by atoms with Gasteiger partial charge in [0, 0.05) is 0 Å². The molecule has 1 aromatic heterocycles. The van der Waals surface area contributed by atoms with Gasteiger partial charge < -0.3 is 9.47 Å². The SMILES string of the molecule is CCCOC(=O)c1ccccc1C(=O)OCCC.c1ccsc1. The number of carbonyl (C=O) groups excluding carboxylic acids is 2. The molecule has 0 aliphatic rings. The van der Waals surface area contributed by atoms with Gasteiger partial charge >= 0.3 is 11.9 Å². The molecule has 4 nitrogen and oxygen atoms in total. The van der Waals surface area contributed by atoms with Crippen molar-refractivity contribution in [2.75, 3.05) is 13.2 Å². The van der Waals surface area contributed by atoms with Crippen LogP contribution in [-0.4, -0.2) is 25.2 Å². The van der Waals surface area contributed by atoms with Gasteiger partial charge in [-0.3, -0.25) is 0 Å². The molecule has 0 fully saturated rings. The lowest BCUT2D eigenvalue weighted by Gasteiger charge is -2.08. The molecule has 0 radical (unpaired) electrons. The molecule has 5 heteroatoms. The average molecular weight is 334 g/mol. The van der Waals surface area contributed by atoms with Crippen LogP contribution in [0.2, 0.25) is 0 Å². The van der Waals surface area contributed by atoms with Crippen LogP contribution in [0, 0.1) is 0 Å². The van der Waals surface area contributed by atoms with Gasteiger partial charge in [-0.15, -0.1) is 0 Å². The first-order valence-corrected chi connectivity index (χ1v) is 8.55. The maximum Gasteiger partial charge on any atom is 0.339 e. The highest BCUT2D eigenvalue weighted by molar-refractivity contribution is 7.07. The zero-order valence-corrected chi connectivity index (χ0v) is 14.3. The van der Waals surface area contributed by atoms with Crippen LogP contribution in [-0.2, 0) is 9.47 Å². The van der Waals surface area contributed by atoms with E-state index >= 15 is 0 Å². The Morgan fingerprint density at radius 2 is 1.26 bits per heavy atom. The van der Waals surface area contributed by atoms with Crippen LogP contribution in [0.25, 0.3) is 0 Å². The molecule has 124 valence electrons. The van der Waals surface area contributed by atoms with Gasteiger partial charge in [0.25, 0.3) is 0 Å². The summed E-state index contributed by atoms with van der Waals surface area (Å²) in [6, 6.07) is 10.6. The summed E-state index contributed by atoms with van der Waals surface area (Å²) in [5.74, 6) is -0.971. The van der Waals surface area contributed by atoms with Crippen molar-refractivity contribution in [1.82, 2.24) is 0 Å². The van der Waals surface area contributed by atoms with Crippen LogP contribution in [0.3, 0.4) is 0 Å². The fourth-order valence-corrected chi connectivity index (χ4v) is 2.06. The van der Waals surface area contributed by atoms with Gasteiger partial charge in [-0.25, -0.2) is 9.59 Å². The minimum absolute atomic E-state index is 0.257. The lowest BCUT2D eigenvalue weighted by molar-refractivity contribution is 0.0458. The van der Waals surface area contributed by atoms with E-state index in [-0.39, 0.29) is 11.1 Å². The first-order chi connectivity index (χ1) is 11.2. The Bertz CT molecular complexity index is 522. The molecule has 0 unspecified atom stereocenters. The van der Waals surface area contributed by atoms with Gasteiger partial charge in [-0.1, -0.05) is 38.1 Å². The van der Waals surface area contributed by atoms with E-state index in [4.69, 9.17) is 9.47 Å². The van der Waals surface area contributed by atoms with Gasteiger partial charge in [-0.2, -0.15) is 11.3 Å². The fraction of sp³-hybridized carbons (Fsp3) is 0.333. The smallest absolute Gasteiger partial charge is 0.339 e. The molecule has 0 N–H and O–H groups in total. The summed E-state index contributed by atoms with van der Waals surface area (Å²) in [5.41, 5.74) is 0.513. The average Bonchev–Trinajstić information content (AvgIpc) is 3.17. The van der Waals surface area contributed by atoms with E-state index in [1.807, 2.05) is 36.7 Å². The van der Waals surface area contributed by atoms with E-state index in [1.54, 1.807) is 35.6 Å². The zero-order valence-electron chi connectivity index (χ0n) is 13.5. The molecule has 0 saturated heterocycles. The van der Waals surface area contributed by atoms with Crippen LogP contribution in [0.4, 0.5) is 0 Å². The van der Waals surface area contributed by atoms with Crippen LogP contribution in [0.15, 0.2) is 47.2 Å². The maximum atomic E-state index is 11.8. The third-order valence-electron chi connectivity index (χ3n) is 2.67. The second-order valence-corrected chi connectivity index (χ2v) is 5.43. The minimum Gasteiger partial charge on any atom is -0.462 e. The van der Waals surface area contributed by atoms with Crippen molar-refractivity contribution in [3.8, 4) is 0 Å². The van der Waals surface area contributed by atoms with Crippen molar-refractivity contribution in [2.24, 2.45) is 0 Å². The van der Waals surface area contributed by atoms with Crippen LogP contribution < -0.4 is 0 Å². The molecule has 0 atom stereocenters. The Balaban J connectivity index is 0.000000446. The van der Waals surface area contributed by atoms with Crippen molar-refractivity contribution in [3.63, 3.8) is 0 Å². The molecule has 0 bridgehead atoms. The number of thiophene rings is 1. The molecule has 0 spiro atoms. The summed E-state index contributed by atoms with van der Waals surface area (Å²) in [6.45, 7) is 4.51. The van der Waals surface area contributed by atoms with Gasteiger partial charge in [-0.05, 0) is 35.7 Å². The van der Waals surface area contributed by atoms with E-state index in [0.29, 0.717) is 13.2 Å². The number of rotatable bonds is 6. The number of carbonyl (C=O) groups is 2. The summed E-state index contributed by atoms with van der Waals surface area (Å²) < 4.78 is 10.1. The zero-order chi connectivity index (χ0) is 16.9. The molecule has 0 amide bonds. The molecule has 2 rings (SSSR count). The van der Waals surface area contributed by atoms with Gasteiger partial charge in [0.15, 0.2) is 0 Å². The lowest BCUT2D eigenvalue weighted by atomic mass is 10.1. The summed E-state index contributed by atoms with van der Waals surface area (Å²) >= 11 is 1.71. The standard InChI is InChI=1S/C14H18O4.C4H4S/c1-3-9-17-13(15)11-7-5-6-8-12(11)14(16)18-10-4-2;1-2-4-5-3-1/h5-8H,3-4,9-10H2,1-2H3;1-4H. The Morgan fingerprint density at radius 3 is 1.57 bits per heavy atom. The monoisotopic (exact) mass is 334 g/mol. The van der Waals surface area contributed by atoms with Gasteiger partial charge in [0.05, 0.1) is 24.3 Å². The number of benzene rings is 1. The van der Waals surface area contributed by atoms with Gasteiger partial charge in [0.2, 0.25) is 0 Å². The largest absolute Gasteiger partial charge is 0.462 e. The van der Waals surface area contributed by atoms with Crippen molar-refractivity contribution < 1.29 is 19.1 Å². The number of hydrogen-bond donors (Lipinski definition) is 0. The van der Waals surface area contributed by atoms with Crippen LogP contribution in [0.5, 0.6) is 0 Å². The molecule has 1 heterocycles. The topological polar surface area (TPSA) is 52.6 Å². The highest BCUT2D eigenvalue weighted by Crippen LogP contribution is 2.12. The van der Waals surface area contributed by atoms with Crippen LogP contribution >= 0.6 is 11.3 Å². The highest BCUT2D eigenvalue weighted by atomic mass is 32.1. The molecular formula is C18H22O4S. The Morgan fingerprint density at radius 1 is 0.826 bits per heavy atom. The number of ether oxygens (including phenoxy) is 2. The third-order valence-corrected chi connectivity index (χ3v) is 3.30. The predicted octanol–water partition coefficient (Wildman–Crippen LogP) is 4.57. The lowest BCUT2D eigenvalue weighted by Crippen LogP contribution is -2.14. The van der Waals surface area contributed by atoms with E-state index in [0.717, 1.165) is 12.8 Å². The molecule has 1 aromatic carbocycles. The molecule has 0 saturated carbocycles. The summed E-state index contributed by atoms with van der Waals surface area (Å²) in [6.07, 6.45) is 1.49. The van der Waals surface area contributed by atoms with Gasteiger partial charge in [0.1, 0.15) is 0 Å². The van der Waals surface area contributed by atoms with E-state index in [2.05, 4.69) is 0 Å². The molecule has 0 aliphatic heterocycles. The highest BCUT2D eigenvalue weighted by Gasteiger charge is 2.18. The summed E-state index contributed by atoms with van der Waals surface area (Å²) in [7, 11) is 0. The second-order valence-electron chi connectivity index (χ2n) is 4.61. The first kappa shape index (κ1) is 18.9. The Kier molecular flexibility index (Phi) is 9.40. The minimum atomic E-state index is -0.485. The van der Waals surface area contributed by atoms with Crippen molar-refractivity contribution in [2.45, 2.75) is 26.7 Å². The van der Waals surface area contributed by atoms with E-state index in [9.17, 15) is 9.59 Å². The second kappa shape index (κ2) is 11.4. The number of esters is 2. The molecule has 23 heavy (non-hydrogen) atoms. The number of hydrogen-bond acceptors (Lipinski definition) is 5. The van der Waals surface area contributed by atoms with Crippen molar-refractivity contribution >= 4 is 23.3 Å². The van der Waals surface area contributed by atoms with Crippen LogP contribution in [0.1, 0.15) is 47.4 Å². The quantitative estimate of drug-likeness (QED) is 0.726. The van der Waals surface area contributed by atoms with Crippen molar-refractivity contribution in [1.29, 1.82) is 0 Å². The Hall–Kier alpha value is -2.14. The first-order valence-electron chi connectivity index (χ1n) is 7.61. The summed E-state index contributed by atoms with van der Waals surface area (Å²) in [5, 5.41) is 4.08. The maximum absolute atomic E-state index is 11.8. The van der Waals surface area contributed by atoms with E-state index < -0.39 is 11.9 Å². The summed E-state index contributed by atoms with van der Waals surface area (Å²) in [4.78, 5) is 23.5. The van der Waals surface area contributed by atoms with Crippen molar-refractivity contribution in [3.05, 3.63) is 58.3 Å². The molecular weight excluding hydrogens is 312 g/mol. The fourth-order valence-electron chi connectivity index (χ4n) is 1.61. The van der Waals surface area contributed by atoms with E-state index in [1.165, 1.54) is 0 Å². The third kappa shape index (κ3) is 7.10.